The molecule has 0 radical (unpaired) electrons. The molecule has 0 unspecified atom stereocenters. The molecule has 2 saturated carbocycles. The summed E-state index contributed by atoms with van der Waals surface area (Å²) < 4.78 is 3.87. The van der Waals surface area contributed by atoms with E-state index in [1.54, 1.807) is 6.20 Å². The van der Waals surface area contributed by atoms with Gasteiger partial charge in [-0.1, -0.05) is 11.6 Å². The Bertz CT molecular complexity index is 544. The lowest BCUT2D eigenvalue weighted by Crippen LogP contribution is -2.41. The summed E-state index contributed by atoms with van der Waals surface area (Å²) >= 11 is 0. The molecule has 19 heavy (non-hydrogen) atoms. The van der Waals surface area contributed by atoms with Gasteiger partial charge in [0.25, 0.3) is 0 Å². The second-order valence-electron chi connectivity index (χ2n) is 6.13. The van der Waals surface area contributed by atoms with Crippen molar-refractivity contribution in [1.29, 1.82) is 0 Å². The maximum absolute atomic E-state index is 4.35. The van der Waals surface area contributed by atoms with Gasteiger partial charge in [0, 0.05) is 24.5 Å². The first-order chi connectivity index (χ1) is 9.33. The Hall–Kier alpha value is -1.65. The lowest BCUT2D eigenvalue weighted by atomic mass is 9.51. The van der Waals surface area contributed by atoms with Crippen molar-refractivity contribution >= 4 is 0 Å². The molecule has 2 fully saturated rings. The van der Waals surface area contributed by atoms with Crippen molar-refractivity contribution in [3.8, 4) is 0 Å². The van der Waals surface area contributed by atoms with E-state index in [4.69, 9.17) is 0 Å². The summed E-state index contributed by atoms with van der Waals surface area (Å²) in [5.41, 5.74) is 1.90. The standard InChI is InChI=1S/C14H19N5/c1-3-14(4-1)9-12(10-14)13-11-19(17-16-13)8-7-18-6-2-5-15-18/h2,5-6,11-12H,1,3-4,7-10H2. The van der Waals surface area contributed by atoms with Crippen molar-refractivity contribution in [2.45, 2.75) is 51.1 Å². The highest BCUT2D eigenvalue weighted by atomic mass is 15.4. The molecular weight excluding hydrogens is 238 g/mol. The minimum absolute atomic E-state index is 0.666. The molecule has 0 saturated heterocycles. The zero-order valence-corrected chi connectivity index (χ0v) is 11.1. The van der Waals surface area contributed by atoms with E-state index < -0.39 is 0 Å². The van der Waals surface area contributed by atoms with E-state index in [-0.39, 0.29) is 0 Å². The maximum atomic E-state index is 4.35. The Kier molecular flexibility index (Phi) is 2.47. The van der Waals surface area contributed by atoms with E-state index in [0.29, 0.717) is 11.3 Å². The molecule has 2 aliphatic rings. The molecule has 4 rings (SSSR count). The first kappa shape index (κ1) is 11.2. The Morgan fingerprint density at radius 3 is 2.74 bits per heavy atom. The summed E-state index contributed by atoms with van der Waals surface area (Å²) in [5.74, 6) is 0.666. The minimum Gasteiger partial charge on any atom is -0.271 e. The van der Waals surface area contributed by atoms with Gasteiger partial charge in [0.2, 0.25) is 0 Å². The van der Waals surface area contributed by atoms with E-state index in [1.165, 1.54) is 37.8 Å². The molecule has 2 aromatic rings. The molecule has 100 valence electrons. The Morgan fingerprint density at radius 1 is 1.21 bits per heavy atom. The van der Waals surface area contributed by atoms with Gasteiger partial charge in [0.05, 0.1) is 18.8 Å². The molecule has 0 aromatic carbocycles. The molecule has 0 amide bonds. The molecule has 0 bridgehead atoms. The average molecular weight is 257 g/mol. The number of aryl methyl sites for hydroxylation is 2. The van der Waals surface area contributed by atoms with Crippen LogP contribution in [0.3, 0.4) is 0 Å². The van der Waals surface area contributed by atoms with Crippen LogP contribution in [0.25, 0.3) is 0 Å². The van der Waals surface area contributed by atoms with Crippen LogP contribution in [0.1, 0.15) is 43.7 Å². The largest absolute Gasteiger partial charge is 0.271 e. The highest BCUT2D eigenvalue weighted by Gasteiger charge is 2.49. The minimum atomic E-state index is 0.666. The predicted molar refractivity (Wildman–Crippen MR) is 70.5 cm³/mol. The van der Waals surface area contributed by atoms with Crippen molar-refractivity contribution in [2.24, 2.45) is 5.41 Å². The summed E-state index contributed by atoms with van der Waals surface area (Å²) in [6, 6.07) is 1.94. The van der Waals surface area contributed by atoms with Crippen LogP contribution in [0.4, 0.5) is 0 Å². The van der Waals surface area contributed by atoms with Gasteiger partial charge in [-0.15, -0.1) is 5.10 Å². The average Bonchev–Trinajstić information content (AvgIpc) is 2.93. The van der Waals surface area contributed by atoms with Crippen molar-refractivity contribution in [2.75, 3.05) is 0 Å². The summed E-state index contributed by atoms with van der Waals surface area (Å²) in [7, 11) is 0. The van der Waals surface area contributed by atoms with Crippen LogP contribution in [0.2, 0.25) is 0 Å². The van der Waals surface area contributed by atoms with E-state index in [9.17, 15) is 0 Å². The van der Waals surface area contributed by atoms with Crippen molar-refractivity contribution in [1.82, 2.24) is 24.8 Å². The first-order valence-corrected chi connectivity index (χ1v) is 7.21. The Balaban J connectivity index is 1.35. The first-order valence-electron chi connectivity index (χ1n) is 7.21. The molecule has 5 nitrogen and oxygen atoms in total. The fourth-order valence-corrected chi connectivity index (χ4v) is 3.53. The third-order valence-corrected chi connectivity index (χ3v) is 4.87. The van der Waals surface area contributed by atoms with Gasteiger partial charge in [-0.3, -0.25) is 9.36 Å². The van der Waals surface area contributed by atoms with Crippen molar-refractivity contribution < 1.29 is 0 Å². The fourth-order valence-electron chi connectivity index (χ4n) is 3.53. The Morgan fingerprint density at radius 2 is 2.05 bits per heavy atom. The molecule has 0 N–H and O–H groups in total. The summed E-state index contributed by atoms with van der Waals surface area (Å²) in [5, 5.41) is 12.8. The summed E-state index contributed by atoms with van der Waals surface area (Å²) in [6.45, 7) is 1.69. The fraction of sp³-hybridized carbons (Fsp3) is 0.643. The van der Waals surface area contributed by atoms with Crippen LogP contribution in [0, 0.1) is 5.41 Å². The normalized spacial score (nSPS) is 21.3. The molecule has 2 heterocycles. The summed E-state index contributed by atoms with van der Waals surface area (Å²) in [4.78, 5) is 0. The quantitative estimate of drug-likeness (QED) is 0.844. The van der Waals surface area contributed by atoms with Gasteiger partial charge in [-0.2, -0.15) is 5.10 Å². The zero-order valence-electron chi connectivity index (χ0n) is 11.1. The lowest BCUT2D eigenvalue weighted by Gasteiger charge is -2.53. The lowest BCUT2D eigenvalue weighted by molar-refractivity contribution is 0.00757. The van der Waals surface area contributed by atoms with Crippen LogP contribution in [0.15, 0.2) is 24.7 Å². The van der Waals surface area contributed by atoms with Crippen LogP contribution in [-0.2, 0) is 13.1 Å². The smallest absolute Gasteiger partial charge is 0.0858 e. The number of hydrogen-bond donors (Lipinski definition) is 0. The van der Waals surface area contributed by atoms with Crippen molar-refractivity contribution in [3.05, 3.63) is 30.4 Å². The van der Waals surface area contributed by atoms with Gasteiger partial charge in [-0.25, -0.2) is 0 Å². The molecule has 1 spiro atoms. The molecule has 2 aromatic heterocycles. The van der Waals surface area contributed by atoms with Crippen LogP contribution < -0.4 is 0 Å². The third kappa shape index (κ3) is 1.97. The van der Waals surface area contributed by atoms with E-state index in [1.807, 2.05) is 21.6 Å². The molecule has 0 atom stereocenters. The molecule has 2 aliphatic carbocycles. The molecular formula is C14H19N5. The molecule has 5 heteroatoms. The van der Waals surface area contributed by atoms with Gasteiger partial charge in [0.15, 0.2) is 0 Å². The van der Waals surface area contributed by atoms with Gasteiger partial charge in [-0.05, 0) is 37.2 Å². The predicted octanol–water partition coefficient (Wildman–Crippen LogP) is 2.22. The second-order valence-corrected chi connectivity index (χ2v) is 6.13. The van der Waals surface area contributed by atoms with E-state index >= 15 is 0 Å². The van der Waals surface area contributed by atoms with Gasteiger partial charge < -0.3 is 0 Å². The number of hydrogen-bond acceptors (Lipinski definition) is 3. The van der Waals surface area contributed by atoms with Gasteiger partial charge >= 0.3 is 0 Å². The summed E-state index contributed by atoms with van der Waals surface area (Å²) in [6.07, 6.45) is 12.9. The topological polar surface area (TPSA) is 48.5 Å². The highest BCUT2D eigenvalue weighted by molar-refractivity contribution is 5.14. The number of aromatic nitrogens is 5. The number of nitrogens with zero attached hydrogens (tertiary/aromatic N) is 5. The maximum Gasteiger partial charge on any atom is 0.0858 e. The number of rotatable bonds is 4. The van der Waals surface area contributed by atoms with Crippen molar-refractivity contribution in [3.63, 3.8) is 0 Å². The van der Waals surface area contributed by atoms with Crippen LogP contribution in [0.5, 0.6) is 0 Å². The zero-order chi connectivity index (χ0) is 12.7. The van der Waals surface area contributed by atoms with E-state index in [0.717, 1.165) is 13.1 Å². The van der Waals surface area contributed by atoms with Crippen LogP contribution in [-0.4, -0.2) is 24.8 Å². The van der Waals surface area contributed by atoms with Crippen LogP contribution >= 0.6 is 0 Å². The monoisotopic (exact) mass is 257 g/mol. The SMILES string of the molecule is c1cnn(CCn2cc(C3CC4(CCC4)C3)nn2)c1. The van der Waals surface area contributed by atoms with E-state index in [2.05, 4.69) is 21.6 Å². The van der Waals surface area contributed by atoms with Gasteiger partial charge in [0.1, 0.15) is 0 Å². The molecule has 0 aliphatic heterocycles. The second kappa shape index (κ2) is 4.18. The Labute approximate surface area is 112 Å². The third-order valence-electron chi connectivity index (χ3n) is 4.87. The highest BCUT2D eigenvalue weighted by Crippen LogP contribution is 2.61.